The van der Waals surface area contributed by atoms with Gasteiger partial charge in [-0.05, 0) is 60.8 Å². The van der Waals surface area contributed by atoms with Crippen LogP contribution >= 0.6 is 0 Å². The first-order chi connectivity index (χ1) is 20.3. The minimum atomic E-state index is -5.08. The first-order valence-corrected chi connectivity index (χ1v) is 12.6. The number of aryl methyl sites for hydroxylation is 1. The van der Waals surface area contributed by atoms with E-state index in [0.29, 0.717) is 24.2 Å². The molecule has 0 aliphatic rings. The molecular formula is C28H30F6N4O6. The average Bonchev–Trinajstić information content (AvgIpc) is 2.93. The van der Waals surface area contributed by atoms with Gasteiger partial charge in [-0.2, -0.15) is 26.3 Å². The topological polar surface area (TPSA) is 185 Å². The molecule has 0 saturated carbocycles. The summed E-state index contributed by atoms with van der Waals surface area (Å²) in [6, 6.07) is 18.5. The van der Waals surface area contributed by atoms with Crippen LogP contribution in [0.4, 0.5) is 32.0 Å². The summed E-state index contributed by atoms with van der Waals surface area (Å²) in [5, 5.41) is 22.3. The molecule has 0 aromatic heterocycles. The van der Waals surface area contributed by atoms with Crippen molar-refractivity contribution in [2.24, 2.45) is 11.5 Å². The maximum absolute atomic E-state index is 13.0. The Balaban J connectivity index is 0.000000574. The number of hydrogen-bond donors (Lipinski definition) is 6. The van der Waals surface area contributed by atoms with Gasteiger partial charge in [0.2, 0.25) is 5.91 Å². The van der Waals surface area contributed by atoms with E-state index in [0.717, 1.165) is 21.9 Å². The number of carboxylic acid groups (broad SMARTS) is 2. The summed E-state index contributed by atoms with van der Waals surface area (Å²) in [4.78, 5) is 42.9. The van der Waals surface area contributed by atoms with Crippen molar-refractivity contribution < 1.29 is 55.7 Å². The number of rotatable bonds is 7. The fraction of sp³-hybridized carbons (Fsp3) is 0.286. The number of carbonyl (C=O) groups excluding carboxylic acids is 2. The van der Waals surface area contributed by atoms with E-state index in [2.05, 4.69) is 28.8 Å². The lowest BCUT2D eigenvalue weighted by atomic mass is 9.99. The molecule has 16 heteroatoms. The molecule has 0 radical (unpaired) electrons. The van der Waals surface area contributed by atoms with Gasteiger partial charge >= 0.3 is 24.3 Å². The third kappa shape index (κ3) is 11.9. The van der Waals surface area contributed by atoms with Crippen LogP contribution in [-0.4, -0.2) is 58.9 Å². The molecule has 0 saturated heterocycles. The number of halogens is 6. The summed E-state index contributed by atoms with van der Waals surface area (Å²) in [5.41, 5.74) is 14.2. The summed E-state index contributed by atoms with van der Waals surface area (Å²) in [6.07, 6.45) is -9.77. The summed E-state index contributed by atoms with van der Waals surface area (Å²) in [7, 11) is 0. The second-order valence-electron chi connectivity index (χ2n) is 9.07. The van der Waals surface area contributed by atoms with Crippen LogP contribution in [0.15, 0.2) is 60.7 Å². The predicted octanol–water partition coefficient (Wildman–Crippen LogP) is 4.52. The summed E-state index contributed by atoms with van der Waals surface area (Å²) < 4.78 is 63.5. The Morgan fingerprint density at radius 3 is 1.91 bits per heavy atom. The third-order valence-corrected chi connectivity index (χ3v) is 5.69. The fourth-order valence-electron chi connectivity index (χ4n) is 3.47. The van der Waals surface area contributed by atoms with E-state index < -0.39 is 30.3 Å². The normalized spacial score (nSPS) is 12.4. The number of benzene rings is 3. The summed E-state index contributed by atoms with van der Waals surface area (Å²) >= 11 is 0. The highest BCUT2D eigenvalue weighted by Gasteiger charge is 2.38. The van der Waals surface area contributed by atoms with Crippen molar-refractivity contribution in [3.8, 4) is 0 Å². The lowest BCUT2D eigenvalue weighted by Gasteiger charge is -2.18. The Morgan fingerprint density at radius 2 is 1.39 bits per heavy atom. The van der Waals surface area contributed by atoms with Crippen molar-refractivity contribution in [2.45, 2.75) is 44.7 Å². The molecule has 240 valence electrons. The SMILES string of the molecule is Cc1ccc(NC(=O)[C@@H](N)CCN)cc1C(=O)N[C@H](C)c1cccc2ccccc12.O=C(O)C(F)(F)F.O=C(O)C(F)(F)F. The molecule has 3 aromatic rings. The first-order valence-electron chi connectivity index (χ1n) is 12.6. The number of aliphatic carboxylic acids is 2. The van der Waals surface area contributed by atoms with Gasteiger partial charge in [0, 0.05) is 11.3 Å². The maximum atomic E-state index is 13.0. The predicted molar refractivity (Wildman–Crippen MR) is 149 cm³/mol. The molecule has 44 heavy (non-hydrogen) atoms. The number of fused-ring (bicyclic) bond motifs is 1. The lowest BCUT2D eigenvalue weighted by molar-refractivity contribution is -0.193. The Morgan fingerprint density at radius 1 is 0.864 bits per heavy atom. The quantitative estimate of drug-likeness (QED) is 0.205. The molecule has 0 fully saturated rings. The average molecular weight is 633 g/mol. The molecular weight excluding hydrogens is 602 g/mol. The van der Waals surface area contributed by atoms with Crippen molar-refractivity contribution in [1.29, 1.82) is 0 Å². The maximum Gasteiger partial charge on any atom is 0.490 e. The molecule has 2 amide bonds. The number of carboxylic acids is 2. The third-order valence-electron chi connectivity index (χ3n) is 5.69. The second kappa shape index (κ2) is 16.2. The first kappa shape index (κ1) is 37.3. The molecule has 8 N–H and O–H groups in total. The lowest BCUT2D eigenvalue weighted by Crippen LogP contribution is -2.37. The minimum Gasteiger partial charge on any atom is -0.475 e. The molecule has 0 spiro atoms. The van der Waals surface area contributed by atoms with Gasteiger partial charge < -0.3 is 32.3 Å². The molecule has 3 rings (SSSR count). The van der Waals surface area contributed by atoms with E-state index in [-0.39, 0.29) is 17.9 Å². The second-order valence-corrected chi connectivity index (χ2v) is 9.07. The Labute approximate surface area is 247 Å². The van der Waals surface area contributed by atoms with Gasteiger partial charge in [-0.1, -0.05) is 48.5 Å². The molecule has 0 aliphatic heterocycles. The van der Waals surface area contributed by atoms with E-state index in [1.807, 2.05) is 44.2 Å². The van der Waals surface area contributed by atoms with Gasteiger partial charge in [0.1, 0.15) is 0 Å². The number of nitrogens with one attached hydrogen (secondary N) is 2. The van der Waals surface area contributed by atoms with E-state index in [4.69, 9.17) is 31.3 Å². The van der Waals surface area contributed by atoms with Gasteiger partial charge in [0.25, 0.3) is 5.91 Å². The van der Waals surface area contributed by atoms with Crippen LogP contribution in [0.2, 0.25) is 0 Å². The zero-order valence-electron chi connectivity index (χ0n) is 23.3. The van der Waals surface area contributed by atoms with Crippen LogP contribution in [0.5, 0.6) is 0 Å². The van der Waals surface area contributed by atoms with Crippen LogP contribution in [0.25, 0.3) is 10.8 Å². The van der Waals surface area contributed by atoms with Gasteiger partial charge in [0.15, 0.2) is 0 Å². The molecule has 0 bridgehead atoms. The molecule has 2 atom stereocenters. The van der Waals surface area contributed by atoms with Crippen molar-refractivity contribution in [3.05, 3.63) is 77.4 Å². The van der Waals surface area contributed by atoms with Gasteiger partial charge in [-0.25, -0.2) is 9.59 Å². The van der Waals surface area contributed by atoms with Gasteiger partial charge in [0.05, 0.1) is 12.1 Å². The van der Waals surface area contributed by atoms with Gasteiger partial charge in [-0.3, -0.25) is 9.59 Å². The van der Waals surface area contributed by atoms with Crippen LogP contribution in [0, 0.1) is 6.92 Å². The van der Waals surface area contributed by atoms with E-state index >= 15 is 0 Å². The molecule has 3 aromatic carbocycles. The number of alkyl halides is 6. The summed E-state index contributed by atoms with van der Waals surface area (Å²) in [6.45, 7) is 4.16. The zero-order valence-corrected chi connectivity index (χ0v) is 23.3. The Bertz CT molecular complexity index is 1430. The van der Waals surface area contributed by atoms with E-state index in [1.54, 1.807) is 12.1 Å². The van der Waals surface area contributed by atoms with Crippen LogP contribution < -0.4 is 22.1 Å². The minimum absolute atomic E-state index is 0.181. The zero-order chi connectivity index (χ0) is 33.8. The Kier molecular flexibility index (Phi) is 13.8. The number of hydrogen-bond acceptors (Lipinski definition) is 6. The summed E-state index contributed by atoms with van der Waals surface area (Å²) in [5.74, 6) is -6.03. The highest BCUT2D eigenvalue weighted by molar-refractivity contribution is 6.00. The molecule has 10 nitrogen and oxygen atoms in total. The number of nitrogens with two attached hydrogens (primary N) is 2. The van der Waals surface area contributed by atoms with E-state index in [9.17, 15) is 35.9 Å². The van der Waals surface area contributed by atoms with Crippen molar-refractivity contribution in [3.63, 3.8) is 0 Å². The fourth-order valence-corrected chi connectivity index (χ4v) is 3.47. The van der Waals surface area contributed by atoms with Crippen LogP contribution in [-0.2, 0) is 14.4 Å². The molecule has 0 unspecified atom stereocenters. The standard InChI is InChI=1S/C24H28N4O2.2C2HF3O2/c1-15-10-11-18(28-24(30)22(26)12-13-25)14-21(15)23(29)27-16(2)19-9-5-7-17-6-3-4-8-20(17)19;2*3-2(4,5)1(6)7/h3-11,14,16,22H,12-13,25-26H2,1-2H3,(H,27,29)(H,28,30);2*(H,6,7)/t16-,22+;;/m1../s1. The number of amides is 2. The van der Waals surface area contributed by atoms with Crippen molar-refractivity contribution >= 4 is 40.2 Å². The highest BCUT2D eigenvalue weighted by Crippen LogP contribution is 2.25. The monoisotopic (exact) mass is 632 g/mol. The Hall–Kier alpha value is -4.70. The molecule has 0 heterocycles. The van der Waals surface area contributed by atoms with Crippen LogP contribution in [0.1, 0.15) is 40.9 Å². The highest BCUT2D eigenvalue weighted by atomic mass is 19.4. The van der Waals surface area contributed by atoms with Crippen LogP contribution in [0.3, 0.4) is 0 Å². The van der Waals surface area contributed by atoms with E-state index in [1.165, 1.54) is 0 Å². The van der Waals surface area contributed by atoms with Crippen molar-refractivity contribution in [2.75, 3.05) is 11.9 Å². The largest absolute Gasteiger partial charge is 0.490 e. The number of anilines is 1. The smallest absolute Gasteiger partial charge is 0.475 e. The molecule has 0 aliphatic carbocycles. The van der Waals surface area contributed by atoms with Crippen molar-refractivity contribution in [1.82, 2.24) is 5.32 Å². The van der Waals surface area contributed by atoms with Gasteiger partial charge in [-0.15, -0.1) is 0 Å². The number of carbonyl (C=O) groups is 4.